The summed E-state index contributed by atoms with van der Waals surface area (Å²) in [6.45, 7) is 0. The maximum atomic E-state index is 13.9. The van der Waals surface area contributed by atoms with E-state index in [1.54, 1.807) is 5.43 Å². The van der Waals surface area contributed by atoms with Gasteiger partial charge in [0.15, 0.2) is 0 Å². The highest BCUT2D eigenvalue weighted by Crippen LogP contribution is 2.28. The van der Waals surface area contributed by atoms with Crippen molar-refractivity contribution in [3.05, 3.63) is 18.1 Å². The van der Waals surface area contributed by atoms with Gasteiger partial charge < -0.3 is 14.8 Å². The fourth-order valence-electron chi connectivity index (χ4n) is 2.57. The zero-order valence-corrected chi connectivity index (χ0v) is 13.6. The van der Waals surface area contributed by atoms with Crippen LogP contribution in [-0.2, 0) is 19.1 Å². The predicted molar refractivity (Wildman–Crippen MR) is 83.5 cm³/mol. The minimum atomic E-state index is -1.11. The quantitative estimate of drug-likeness (QED) is 0.176. The number of hydrogen-bond donors (Lipinski definition) is 3. The number of aromatic nitrogens is 1. The maximum absolute atomic E-state index is 13.9. The summed E-state index contributed by atoms with van der Waals surface area (Å²) >= 11 is 0. The van der Waals surface area contributed by atoms with E-state index in [4.69, 9.17) is 15.3 Å². The fraction of sp³-hybridized carbons (Fsp3) is 0.467. The van der Waals surface area contributed by atoms with Crippen LogP contribution >= 0.6 is 0 Å². The minimum Gasteiger partial charge on any atom is -0.474 e. The molecule has 136 valence electrons. The van der Waals surface area contributed by atoms with Crippen LogP contribution in [0.2, 0.25) is 0 Å². The van der Waals surface area contributed by atoms with Crippen molar-refractivity contribution < 1.29 is 28.2 Å². The van der Waals surface area contributed by atoms with E-state index in [0.29, 0.717) is 25.7 Å². The summed E-state index contributed by atoms with van der Waals surface area (Å²) in [5.41, 5.74) is 1.37. The summed E-state index contributed by atoms with van der Waals surface area (Å²) in [5.74, 6) is 1.29. The number of amides is 2. The lowest BCUT2D eigenvalue weighted by atomic mass is 9.87. The number of rotatable bonds is 4. The summed E-state index contributed by atoms with van der Waals surface area (Å²) in [6.07, 6.45) is 2.32. The third-order valence-electron chi connectivity index (χ3n) is 3.90. The molecule has 0 aromatic carbocycles. The van der Waals surface area contributed by atoms with Crippen molar-refractivity contribution in [3.8, 4) is 5.88 Å². The molecule has 9 nitrogen and oxygen atoms in total. The molecule has 0 saturated heterocycles. The lowest BCUT2D eigenvalue weighted by Gasteiger charge is -2.27. The van der Waals surface area contributed by atoms with Crippen molar-refractivity contribution >= 4 is 23.5 Å². The number of anilines is 1. The second kappa shape index (κ2) is 8.38. The molecule has 0 spiro atoms. The number of carbonyl (C=O) groups excluding carboxylic acids is 3. The van der Waals surface area contributed by atoms with Crippen LogP contribution in [0.5, 0.6) is 5.88 Å². The van der Waals surface area contributed by atoms with Gasteiger partial charge in [0, 0.05) is 6.07 Å². The van der Waals surface area contributed by atoms with Crippen LogP contribution in [0.25, 0.3) is 0 Å². The van der Waals surface area contributed by atoms with Crippen LogP contribution in [0.1, 0.15) is 25.7 Å². The molecule has 0 unspecified atom stereocenters. The van der Waals surface area contributed by atoms with E-state index in [2.05, 4.69) is 4.98 Å². The molecule has 0 aliphatic heterocycles. The second-order valence-corrected chi connectivity index (χ2v) is 5.53. The first-order valence-electron chi connectivity index (χ1n) is 7.67. The second-order valence-electron chi connectivity index (χ2n) is 5.53. The van der Waals surface area contributed by atoms with E-state index in [1.807, 2.05) is 5.32 Å². The molecular formula is C15H19FN4O5. The molecule has 1 aromatic heterocycles. The molecular weight excluding hydrogens is 335 g/mol. The molecule has 1 aromatic rings. The number of methoxy groups -OCH3 is 1. The zero-order chi connectivity index (χ0) is 18.4. The van der Waals surface area contributed by atoms with Crippen LogP contribution in [0.15, 0.2) is 12.1 Å². The third kappa shape index (κ3) is 4.86. The number of carbonyl (C=O) groups is 3. The molecule has 1 aliphatic rings. The Bertz CT molecular complexity index is 661. The molecule has 2 amide bonds. The first kappa shape index (κ1) is 18.6. The molecule has 0 atom stereocenters. The Morgan fingerprint density at radius 2 is 1.88 bits per heavy atom. The predicted octanol–water partition coefficient (Wildman–Crippen LogP) is 0.260. The highest BCUT2D eigenvalue weighted by atomic mass is 19.1. The van der Waals surface area contributed by atoms with Crippen LogP contribution in [0.4, 0.5) is 10.1 Å². The standard InChI is InChI=1S/C15H19FN4O5/c1-24-15(23)8-2-4-9(5-3-8)25-11-7-6-10(12(16)19-11)18-13(21)14(22)20-17/h6-9H,2-5,17H2,1H3,(H,18,21)(H,20,22). The summed E-state index contributed by atoms with van der Waals surface area (Å²) in [5, 5.41) is 2.04. The van der Waals surface area contributed by atoms with Crippen molar-refractivity contribution in [3.63, 3.8) is 0 Å². The number of ether oxygens (including phenoxy) is 2. The van der Waals surface area contributed by atoms with Gasteiger partial charge >= 0.3 is 17.8 Å². The monoisotopic (exact) mass is 354 g/mol. The van der Waals surface area contributed by atoms with Gasteiger partial charge in [-0.25, -0.2) is 5.84 Å². The van der Waals surface area contributed by atoms with E-state index in [9.17, 15) is 18.8 Å². The maximum Gasteiger partial charge on any atom is 0.323 e. The number of hydrazine groups is 1. The molecule has 0 radical (unpaired) electrons. The van der Waals surface area contributed by atoms with E-state index in [0.717, 1.165) is 0 Å². The molecule has 4 N–H and O–H groups in total. The third-order valence-corrected chi connectivity index (χ3v) is 3.90. The van der Waals surface area contributed by atoms with Gasteiger partial charge in [-0.3, -0.25) is 19.8 Å². The molecule has 1 heterocycles. The van der Waals surface area contributed by atoms with E-state index in [1.165, 1.54) is 19.2 Å². The average Bonchev–Trinajstić information content (AvgIpc) is 2.63. The number of nitrogens with one attached hydrogen (secondary N) is 2. The SMILES string of the molecule is COC(=O)C1CCC(Oc2ccc(NC(=O)C(=O)NN)c(F)n2)CC1. The summed E-state index contributed by atoms with van der Waals surface area (Å²) in [4.78, 5) is 37.4. The number of nitrogens with two attached hydrogens (primary N) is 1. The fourth-order valence-corrected chi connectivity index (χ4v) is 2.57. The topological polar surface area (TPSA) is 133 Å². The van der Waals surface area contributed by atoms with Crippen molar-refractivity contribution in [1.29, 1.82) is 0 Å². The van der Waals surface area contributed by atoms with Gasteiger partial charge in [-0.15, -0.1) is 0 Å². The van der Waals surface area contributed by atoms with E-state index >= 15 is 0 Å². The molecule has 1 saturated carbocycles. The number of nitrogens with zero attached hydrogens (tertiary/aromatic N) is 1. The van der Waals surface area contributed by atoms with Gasteiger partial charge in [-0.1, -0.05) is 0 Å². The van der Waals surface area contributed by atoms with Crippen molar-refractivity contribution in [2.24, 2.45) is 11.8 Å². The highest BCUT2D eigenvalue weighted by molar-refractivity contribution is 6.39. The minimum absolute atomic E-state index is 0.0558. The number of pyridine rings is 1. The van der Waals surface area contributed by atoms with E-state index in [-0.39, 0.29) is 29.6 Å². The van der Waals surface area contributed by atoms with Gasteiger partial charge in [0.1, 0.15) is 6.10 Å². The van der Waals surface area contributed by atoms with Crippen LogP contribution < -0.4 is 21.3 Å². The summed E-state index contributed by atoms with van der Waals surface area (Å²) < 4.78 is 24.2. The Morgan fingerprint density at radius 3 is 2.44 bits per heavy atom. The number of hydrogen-bond acceptors (Lipinski definition) is 7. The Hall–Kier alpha value is -2.75. The Labute approximate surface area is 143 Å². The largest absolute Gasteiger partial charge is 0.474 e. The lowest BCUT2D eigenvalue weighted by molar-refractivity contribution is -0.147. The lowest BCUT2D eigenvalue weighted by Crippen LogP contribution is -2.39. The molecule has 1 aliphatic carbocycles. The first-order valence-corrected chi connectivity index (χ1v) is 7.67. The van der Waals surface area contributed by atoms with Crippen LogP contribution in [0.3, 0.4) is 0 Å². The summed E-state index contributed by atoms with van der Waals surface area (Å²) in [6, 6.07) is 2.62. The highest BCUT2D eigenvalue weighted by Gasteiger charge is 2.28. The van der Waals surface area contributed by atoms with Gasteiger partial charge in [-0.05, 0) is 31.7 Å². The Kier molecular flexibility index (Phi) is 6.23. The Balaban J connectivity index is 1.92. The average molecular weight is 354 g/mol. The molecule has 2 rings (SSSR count). The molecule has 1 fully saturated rings. The van der Waals surface area contributed by atoms with Gasteiger partial charge in [-0.2, -0.15) is 9.37 Å². The van der Waals surface area contributed by atoms with Gasteiger partial charge in [0.05, 0.1) is 18.7 Å². The van der Waals surface area contributed by atoms with Crippen molar-refractivity contribution in [2.75, 3.05) is 12.4 Å². The van der Waals surface area contributed by atoms with Crippen molar-refractivity contribution in [2.45, 2.75) is 31.8 Å². The number of esters is 1. The summed E-state index contributed by atoms with van der Waals surface area (Å²) in [7, 11) is 1.36. The Morgan fingerprint density at radius 1 is 1.20 bits per heavy atom. The first-order chi connectivity index (χ1) is 11.9. The molecule has 10 heteroatoms. The smallest absolute Gasteiger partial charge is 0.323 e. The van der Waals surface area contributed by atoms with E-state index < -0.39 is 17.8 Å². The van der Waals surface area contributed by atoms with Crippen LogP contribution in [-0.4, -0.2) is 36.0 Å². The number of halogens is 1. The van der Waals surface area contributed by atoms with Crippen molar-refractivity contribution in [1.82, 2.24) is 10.4 Å². The van der Waals surface area contributed by atoms with Gasteiger partial charge in [0.2, 0.25) is 11.8 Å². The van der Waals surface area contributed by atoms with Crippen LogP contribution in [0, 0.1) is 11.9 Å². The molecule has 25 heavy (non-hydrogen) atoms. The normalized spacial score (nSPS) is 19.6. The molecule has 0 bridgehead atoms. The van der Waals surface area contributed by atoms with Gasteiger partial charge in [0.25, 0.3) is 0 Å². The zero-order valence-electron chi connectivity index (χ0n) is 13.6.